The van der Waals surface area contributed by atoms with Crippen LogP contribution in [-0.4, -0.2) is 23.0 Å². The van der Waals surface area contributed by atoms with Gasteiger partial charge in [-0.3, -0.25) is 9.88 Å². The van der Waals surface area contributed by atoms with Crippen molar-refractivity contribution in [3.63, 3.8) is 0 Å². The van der Waals surface area contributed by atoms with Gasteiger partial charge < -0.3 is 0 Å². The molecule has 1 fully saturated rings. The zero-order valence-corrected chi connectivity index (χ0v) is 8.42. The molecule has 0 radical (unpaired) electrons. The number of pyridine rings is 1. The van der Waals surface area contributed by atoms with Crippen molar-refractivity contribution in [1.29, 1.82) is 0 Å². The average Bonchev–Trinajstić information content (AvgIpc) is 2.00. The minimum absolute atomic E-state index is 0.988. The maximum atomic E-state index is 4.31. The van der Waals surface area contributed by atoms with Crippen LogP contribution in [0.1, 0.15) is 12.1 Å². The topological polar surface area (TPSA) is 16.1 Å². The van der Waals surface area contributed by atoms with Crippen LogP contribution in [0.4, 0.5) is 0 Å². The van der Waals surface area contributed by atoms with Crippen LogP contribution in [-0.2, 0) is 6.54 Å². The average molecular weight is 227 g/mol. The van der Waals surface area contributed by atoms with Crippen LogP contribution in [0.25, 0.3) is 0 Å². The Kier molecular flexibility index (Phi) is 2.42. The van der Waals surface area contributed by atoms with Gasteiger partial charge in [-0.15, -0.1) is 0 Å². The zero-order chi connectivity index (χ0) is 8.39. The summed E-state index contributed by atoms with van der Waals surface area (Å²) < 4.78 is 1.12. The third kappa shape index (κ3) is 1.67. The standard InChI is InChI=1S/C9H11BrN2/c10-8-3-1-4-11-9(8)7-12-5-2-6-12/h1,3-4H,2,5-7H2. The first-order chi connectivity index (χ1) is 5.86. The number of hydrogen-bond donors (Lipinski definition) is 0. The number of halogens is 1. The van der Waals surface area contributed by atoms with Crippen LogP contribution >= 0.6 is 15.9 Å². The van der Waals surface area contributed by atoms with Gasteiger partial charge in [-0.2, -0.15) is 0 Å². The summed E-state index contributed by atoms with van der Waals surface area (Å²) in [5, 5.41) is 0. The van der Waals surface area contributed by atoms with Crippen LogP contribution in [0.2, 0.25) is 0 Å². The Morgan fingerprint density at radius 3 is 2.92 bits per heavy atom. The van der Waals surface area contributed by atoms with Gasteiger partial charge in [0.2, 0.25) is 0 Å². The van der Waals surface area contributed by atoms with Gasteiger partial charge >= 0.3 is 0 Å². The Hall–Kier alpha value is -0.410. The molecular weight excluding hydrogens is 216 g/mol. The lowest BCUT2D eigenvalue weighted by molar-refractivity contribution is 0.170. The minimum Gasteiger partial charge on any atom is -0.297 e. The first kappa shape index (κ1) is 8.20. The molecule has 1 aliphatic heterocycles. The lowest BCUT2D eigenvalue weighted by atomic mass is 10.2. The molecule has 0 aliphatic carbocycles. The van der Waals surface area contributed by atoms with E-state index < -0.39 is 0 Å². The van der Waals surface area contributed by atoms with E-state index in [0.717, 1.165) is 16.7 Å². The van der Waals surface area contributed by atoms with Crippen molar-refractivity contribution in [2.45, 2.75) is 13.0 Å². The molecule has 2 rings (SSSR count). The molecule has 1 aromatic heterocycles. The van der Waals surface area contributed by atoms with E-state index >= 15 is 0 Å². The largest absolute Gasteiger partial charge is 0.297 e. The molecule has 1 aromatic rings. The second-order valence-corrected chi connectivity index (χ2v) is 3.92. The maximum absolute atomic E-state index is 4.31. The van der Waals surface area contributed by atoms with Crippen molar-refractivity contribution < 1.29 is 0 Å². The predicted molar refractivity (Wildman–Crippen MR) is 51.8 cm³/mol. The van der Waals surface area contributed by atoms with Crippen molar-refractivity contribution in [2.24, 2.45) is 0 Å². The third-order valence-electron chi connectivity index (χ3n) is 2.16. The molecule has 0 unspecified atom stereocenters. The Morgan fingerprint density at radius 1 is 1.50 bits per heavy atom. The fraction of sp³-hybridized carbons (Fsp3) is 0.444. The molecular formula is C9H11BrN2. The lowest BCUT2D eigenvalue weighted by Crippen LogP contribution is -2.36. The van der Waals surface area contributed by atoms with Gasteiger partial charge in [0, 0.05) is 17.2 Å². The Labute approximate surface area is 80.7 Å². The second-order valence-electron chi connectivity index (χ2n) is 3.06. The quantitative estimate of drug-likeness (QED) is 0.768. The Balaban J connectivity index is 2.06. The normalized spacial score (nSPS) is 17.4. The summed E-state index contributed by atoms with van der Waals surface area (Å²) >= 11 is 3.49. The van der Waals surface area contributed by atoms with Gasteiger partial charge in [0.05, 0.1) is 5.69 Å². The van der Waals surface area contributed by atoms with Crippen LogP contribution in [0.15, 0.2) is 22.8 Å². The first-order valence-corrected chi connectivity index (χ1v) is 4.97. The highest BCUT2D eigenvalue weighted by atomic mass is 79.9. The van der Waals surface area contributed by atoms with Gasteiger partial charge in [0.25, 0.3) is 0 Å². The van der Waals surface area contributed by atoms with Crippen molar-refractivity contribution in [3.05, 3.63) is 28.5 Å². The van der Waals surface area contributed by atoms with Crippen LogP contribution in [0.3, 0.4) is 0 Å². The van der Waals surface area contributed by atoms with Gasteiger partial charge in [-0.05, 0) is 47.6 Å². The summed E-state index contributed by atoms with van der Waals surface area (Å²) in [4.78, 5) is 6.71. The molecule has 2 heterocycles. The van der Waals surface area contributed by atoms with Crippen molar-refractivity contribution >= 4 is 15.9 Å². The minimum atomic E-state index is 0.988. The molecule has 0 aromatic carbocycles. The van der Waals surface area contributed by atoms with E-state index in [-0.39, 0.29) is 0 Å². The number of aromatic nitrogens is 1. The first-order valence-electron chi connectivity index (χ1n) is 4.18. The predicted octanol–water partition coefficient (Wildman–Crippen LogP) is 2.05. The molecule has 3 heteroatoms. The molecule has 2 nitrogen and oxygen atoms in total. The monoisotopic (exact) mass is 226 g/mol. The summed E-state index contributed by atoms with van der Waals surface area (Å²) in [6.07, 6.45) is 3.18. The highest BCUT2D eigenvalue weighted by Crippen LogP contribution is 2.17. The Morgan fingerprint density at radius 2 is 2.33 bits per heavy atom. The van der Waals surface area contributed by atoms with E-state index in [9.17, 15) is 0 Å². The number of nitrogens with zero attached hydrogens (tertiary/aromatic N) is 2. The molecule has 0 N–H and O–H groups in total. The van der Waals surface area contributed by atoms with E-state index in [1.165, 1.54) is 19.5 Å². The number of hydrogen-bond acceptors (Lipinski definition) is 2. The SMILES string of the molecule is Brc1cccnc1CN1CCC1. The van der Waals surface area contributed by atoms with E-state index in [1.54, 1.807) is 0 Å². The summed E-state index contributed by atoms with van der Waals surface area (Å²) in [6.45, 7) is 3.44. The Bertz CT molecular complexity index is 271. The van der Waals surface area contributed by atoms with E-state index in [2.05, 4.69) is 25.8 Å². The maximum Gasteiger partial charge on any atom is 0.0685 e. The van der Waals surface area contributed by atoms with E-state index in [0.29, 0.717) is 0 Å². The highest BCUT2D eigenvalue weighted by Gasteiger charge is 2.15. The van der Waals surface area contributed by atoms with Crippen LogP contribution in [0.5, 0.6) is 0 Å². The number of likely N-dealkylation sites (tertiary alicyclic amines) is 1. The molecule has 0 saturated carbocycles. The van der Waals surface area contributed by atoms with E-state index in [4.69, 9.17) is 0 Å². The molecule has 0 bridgehead atoms. The van der Waals surface area contributed by atoms with Crippen molar-refractivity contribution in [3.8, 4) is 0 Å². The molecule has 12 heavy (non-hydrogen) atoms. The van der Waals surface area contributed by atoms with Crippen molar-refractivity contribution in [2.75, 3.05) is 13.1 Å². The second kappa shape index (κ2) is 3.54. The highest BCUT2D eigenvalue weighted by molar-refractivity contribution is 9.10. The molecule has 0 amide bonds. The summed E-state index contributed by atoms with van der Waals surface area (Å²) in [7, 11) is 0. The summed E-state index contributed by atoms with van der Waals surface area (Å²) in [5.41, 5.74) is 1.15. The van der Waals surface area contributed by atoms with Gasteiger partial charge in [-0.1, -0.05) is 0 Å². The fourth-order valence-electron chi connectivity index (χ4n) is 1.29. The lowest BCUT2D eigenvalue weighted by Gasteiger charge is -2.30. The molecule has 1 aliphatic rings. The van der Waals surface area contributed by atoms with Gasteiger partial charge in [0.15, 0.2) is 0 Å². The van der Waals surface area contributed by atoms with E-state index in [1.807, 2.05) is 18.3 Å². The van der Waals surface area contributed by atoms with Crippen molar-refractivity contribution in [1.82, 2.24) is 9.88 Å². The molecule has 1 saturated heterocycles. The fourth-order valence-corrected chi connectivity index (χ4v) is 1.67. The van der Waals surface area contributed by atoms with Crippen LogP contribution < -0.4 is 0 Å². The third-order valence-corrected chi connectivity index (χ3v) is 2.88. The van der Waals surface area contributed by atoms with Gasteiger partial charge in [0.1, 0.15) is 0 Å². The zero-order valence-electron chi connectivity index (χ0n) is 6.83. The molecule has 0 spiro atoms. The van der Waals surface area contributed by atoms with Crippen LogP contribution in [0, 0.1) is 0 Å². The smallest absolute Gasteiger partial charge is 0.0685 e. The summed E-state index contributed by atoms with van der Waals surface area (Å²) in [6, 6.07) is 3.99. The molecule has 0 atom stereocenters. The van der Waals surface area contributed by atoms with Gasteiger partial charge in [-0.25, -0.2) is 0 Å². The molecule has 64 valence electrons. The summed E-state index contributed by atoms with van der Waals surface area (Å²) in [5.74, 6) is 0. The number of rotatable bonds is 2.